The van der Waals surface area contributed by atoms with Gasteiger partial charge in [-0.2, -0.15) is 0 Å². The maximum absolute atomic E-state index is 10.1. The number of halogens is 1. The Morgan fingerprint density at radius 3 is 2.50 bits per heavy atom. The van der Waals surface area contributed by atoms with Gasteiger partial charge in [-0.1, -0.05) is 12.1 Å². The molecule has 0 radical (unpaired) electrons. The number of aromatic nitrogens is 1. The van der Waals surface area contributed by atoms with Crippen LogP contribution in [0.5, 0.6) is 5.75 Å². The molecule has 0 aliphatic carbocycles. The van der Waals surface area contributed by atoms with Gasteiger partial charge < -0.3 is 9.84 Å². The van der Waals surface area contributed by atoms with Crippen LogP contribution in [0.4, 0.5) is 0 Å². The number of hydrogen-bond acceptors (Lipinski definition) is 3. The van der Waals surface area contributed by atoms with Crippen LogP contribution in [0, 0.1) is 0 Å². The van der Waals surface area contributed by atoms with Crippen molar-refractivity contribution < 1.29 is 9.84 Å². The lowest BCUT2D eigenvalue weighted by Crippen LogP contribution is -2.03. The van der Waals surface area contributed by atoms with Gasteiger partial charge in [0.25, 0.3) is 0 Å². The van der Waals surface area contributed by atoms with Crippen LogP contribution >= 0.6 is 15.9 Å². The first kappa shape index (κ1) is 13.1. The van der Waals surface area contributed by atoms with Gasteiger partial charge in [0.1, 0.15) is 5.75 Å². The lowest BCUT2D eigenvalue weighted by atomic mass is 10.0. The van der Waals surface area contributed by atoms with E-state index in [1.165, 1.54) is 0 Å². The fourth-order valence-electron chi connectivity index (χ4n) is 1.67. The molecule has 2 rings (SSSR count). The van der Waals surface area contributed by atoms with E-state index < -0.39 is 6.10 Å². The summed E-state index contributed by atoms with van der Waals surface area (Å²) in [6, 6.07) is 11.2. The number of rotatable bonds is 4. The third-order valence-corrected chi connectivity index (χ3v) is 3.16. The smallest absolute Gasteiger partial charge is 0.118 e. The minimum atomic E-state index is -0.551. The van der Waals surface area contributed by atoms with E-state index in [0.29, 0.717) is 6.42 Å². The molecule has 1 atom stereocenters. The van der Waals surface area contributed by atoms with Crippen LogP contribution in [0.25, 0.3) is 0 Å². The first-order valence-corrected chi connectivity index (χ1v) is 6.41. The number of methoxy groups -OCH3 is 1. The van der Waals surface area contributed by atoms with E-state index >= 15 is 0 Å². The SMILES string of the molecule is COc1ccc(C(O)Cc2ccc(Br)cn2)cc1. The molecular formula is C14H14BrNO2. The van der Waals surface area contributed by atoms with Gasteiger partial charge in [0.15, 0.2) is 0 Å². The monoisotopic (exact) mass is 307 g/mol. The number of aliphatic hydroxyl groups excluding tert-OH is 1. The summed E-state index contributed by atoms with van der Waals surface area (Å²) in [4.78, 5) is 4.25. The Labute approximate surface area is 115 Å². The minimum Gasteiger partial charge on any atom is -0.497 e. The number of ether oxygens (including phenoxy) is 1. The van der Waals surface area contributed by atoms with Crippen molar-refractivity contribution in [3.8, 4) is 5.75 Å². The Hall–Kier alpha value is -1.39. The first-order valence-electron chi connectivity index (χ1n) is 5.61. The fraction of sp³-hybridized carbons (Fsp3) is 0.214. The maximum Gasteiger partial charge on any atom is 0.118 e. The molecule has 1 heterocycles. The number of nitrogens with zero attached hydrogens (tertiary/aromatic N) is 1. The van der Waals surface area contributed by atoms with Crippen LogP contribution in [-0.2, 0) is 6.42 Å². The second-order valence-corrected chi connectivity index (χ2v) is 4.88. The molecule has 1 N–H and O–H groups in total. The van der Waals surface area contributed by atoms with Crippen molar-refractivity contribution in [2.45, 2.75) is 12.5 Å². The third kappa shape index (κ3) is 3.31. The lowest BCUT2D eigenvalue weighted by molar-refractivity contribution is 0.177. The van der Waals surface area contributed by atoms with E-state index in [4.69, 9.17) is 4.74 Å². The van der Waals surface area contributed by atoms with Crippen molar-refractivity contribution in [3.05, 3.63) is 58.3 Å². The quantitative estimate of drug-likeness (QED) is 0.943. The van der Waals surface area contributed by atoms with Gasteiger partial charge in [0, 0.05) is 22.8 Å². The van der Waals surface area contributed by atoms with E-state index in [1.807, 2.05) is 36.4 Å². The third-order valence-electron chi connectivity index (χ3n) is 2.69. The predicted molar refractivity (Wildman–Crippen MR) is 73.6 cm³/mol. The highest BCUT2D eigenvalue weighted by molar-refractivity contribution is 9.10. The van der Waals surface area contributed by atoms with E-state index in [0.717, 1.165) is 21.5 Å². The molecule has 18 heavy (non-hydrogen) atoms. The van der Waals surface area contributed by atoms with Crippen molar-refractivity contribution >= 4 is 15.9 Å². The molecule has 0 spiro atoms. The number of pyridine rings is 1. The molecule has 0 saturated carbocycles. The standard InChI is InChI=1S/C14H14BrNO2/c1-18-13-6-2-10(3-7-13)14(17)8-12-5-4-11(15)9-16-12/h2-7,9,14,17H,8H2,1H3. The van der Waals surface area contributed by atoms with Crippen LogP contribution in [0.3, 0.4) is 0 Å². The first-order chi connectivity index (χ1) is 8.69. The van der Waals surface area contributed by atoms with Crippen LogP contribution in [0.2, 0.25) is 0 Å². The highest BCUT2D eigenvalue weighted by Gasteiger charge is 2.09. The van der Waals surface area contributed by atoms with E-state index in [2.05, 4.69) is 20.9 Å². The fourth-order valence-corrected chi connectivity index (χ4v) is 1.90. The van der Waals surface area contributed by atoms with Crippen LogP contribution in [-0.4, -0.2) is 17.2 Å². The molecule has 0 fully saturated rings. The van der Waals surface area contributed by atoms with E-state index in [1.54, 1.807) is 13.3 Å². The average Bonchev–Trinajstić information content (AvgIpc) is 2.41. The molecule has 2 aromatic rings. The zero-order valence-corrected chi connectivity index (χ0v) is 11.6. The zero-order valence-electron chi connectivity index (χ0n) is 10.0. The minimum absolute atomic E-state index is 0.500. The summed E-state index contributed by atoms with van der Waals surface area (Å²) < 4.78 is 6.02. The second-order valence-electron chi connectivity index (χ2n) is 3.96. The molecule has 3 nitrogen and oxygen atoms in total. The number of benzene rings is 1. The molecule has 4 heteroatoms. The highest BCUT2D eigenvalue weighted by Crippen LogP contribution is 2.20. The molecule has 0 amide bonds. The largest absolute Gasteiger partial charge is 0.497 e. The summed E-state index contributed by atoms with van der Waals surface area (Å²) in [6.07, 6.45) is 1.68. The maximum atomic E-state index is 10.1. The van der Waals surface area contributed by atoms with Crippen molar-refractivity contribution in [1.82, 2.24) is 4.98 Å². The van der Waals surface area contributed by atoms with Crippen molar-refractivity contribution in [3.63, 3.8) is 0 Å². The molecule has 0 aliphatic heterocycles. The van der Waals surface area contributed by atoms with Gasteiger partial charge >= 0.3 is 0 Å². The topological polar surface area (TPSA) is 42.4 Å². The van der Waals surface area contributed by atoms with Gasteiger partial charge in [-0.3, -0.25) is 4.98 Å². The summed E-state index contributed by atoms with van der Waals surface area (Å²) >= 11 is 3.33. The number of aliphatic hydroxyl groups is 1. The van der Waals surface area contributed by atoms with Gasteiger partial charge in [-0.25, -0.2) is 0 Å². The average molecular weight is 308 g/mol. The van der Waals surface area contributed by atoms with Gasteiger partial charge in [0.05, 0.1) is 13.2 Å². The normalized spacial score (nSPS) is 12.2. The Bertz CT molecular complexity index is 496. The number of hydrogen-bond donors (Lipinski definition) is 1. The highest BCUT2D eigenvalue weighted by atomic mass is 79.9. The predicted octanol–water partition coefficient (Wildman–Crippen LogP) is 3.13. The summed E-state index contributed by atoms with van der Waals surface area (Å²) in [7, 11) is 1.62. The van der Waals surface area contributed by atoms with Gasteiger partial charge in [0.2, 0.25) is 0 Å². The Balaban J connectivity index is 2.06. The molecule has 1 unspecified atom stereocenters. The molecule has 0 bridgehead atoms. The van der Waals surface area contributed by atoms with E-state index in [9.17, 15) is 5.11 Å². The summed E-state index contributed by atoms with van der Waals surface area (Å²) in [5, 5.41) is 10.1. The Kier molecular flexibility index (Phi) is 4.33. The Morgan fingerprint density at radius 2 is 1.94 bits per heavy atom. The molecule has 1 aromatic carbocycles. The molecule has 0 aliphatic rings. The zero-order chi connectivity index (χ0) is 13.0. The summed E-state index contributed by atoms with van der Waals surface area (Å²) in [6.45, 7) is 0. The van der Waals surface area contributed by atoms with Crippen LogP contribution < -0.4 is 4.74 Å². The molecule has 1 aromatic heterocycles. The van der Waals surface area contributed by atoms with E-state index in [-0.39, 0.29) is 0 Å². The van der Waals surface area contributed by atoms with Gasteiger partial charge in [-0.15, -0.1) is 0 Å². The van der Waals surface area contributed by atoms with Crippen molar-refractivity contribution in [2.24, 2.45) is 0 Å². The van der Waals surface area contributed by atoms with Crippen LogP contribution in [0.15, 0.2) is 47.1 Å². The van der Waals surface area contributed by atoms with Crippen molar-refractivity contribution in [1.29, 1.82) is 0 Å². The summed E-state index contributed by atoms with van der Waals surface area (Å²) in [5.74, 6) is 0.785. The molecular weight excluding hydrogens is 294 g/mol. The van der Waals surface area contributed by atoms with Crippen LogP contribution in [0.1, 0.15) is 17.4 Å². The molecule has 94 valence electrons. The summed E-state index contributed by atoms with van der Waals surface area (Å²) in [5.41, 5.74) is 1.72. The van der Waals surface area contributed by atoms with Crippen molar-refractivity contribution in [2.75, 3.05) is 7.11 Å². The second kappa shape index (κ2) is 5.98. The Morgan fingerprint density at radius 1 is 1.22 bits per heavy atom. The van der Waals surface area contributed by atoms with Gasteiger partial charge in [-0.05, 0) is 45.8 Å². The lowest BCUT2D eigenvalue weighted by Gasteiger charge is -2.11. The molecule has 0 saturated heterocycles.